The van der Waals surface area contributed by atoms with Crippen molar-refractivity contribution in [1.82, 2.24) is 19.4 Å². The lowest BCUT2D eigenvalue weighted by molar-refractivity contribution is 0.0747. The van der Waals surface area contributed by atoms with Crippen LogP contribution >= 0.6 is 12.2 Å². The van der Waals surface area contributed by atoms with Crippen molar-refractivity contribution in [3.63, 3.8) is 0 Å². The van der Waals surface area contributed by atoms with Gasteiger partial charge in [-0.15, -0.1) is 0 Å². The van der Waals surface area contributed by atoms with Crippen LogP contribution in [0.15, 0.2) is 65.7 Å². The predicted octanol–water partition coefficient (Wildman–Crippen LogP) is 4.62. The van der Waals surface area contributed by atoms with Crippen LogP contribution in [0.4, 0.5) is 0 Å². The van der Waals surface area contributed by atoms with E-state index < -0.39 is 0 Å². The average Bonchev–Trinajstić information content (AvgIpc) is 2.84. The van der Waals surface area contributed by atoms with Crippen LogP contribution < -0.4 is 5.56 Å². The summed E-state index contributed by atoms with van der Waals surface area (Å²) >= 11 is 5.53. The molecule has 1 N–H and O–H groups in total. The number of aromatic nitrogens is 3. The Morgan fingerprint density at radius 3 is 2.76 bits per heavy atom. The van der Waals surface area contributed by atoms with Gasteiger partial charge in [-0.3, -0.25) is 19.1 Å². The molecule has 2 aromatic heterocycles. The largest absolute Gasteiger partial charge is 0.333 e. The van der Waals surface area contributed by atoms with Gasteiger partial charge in [0.05, 0.1) is 29.1 Å². The zero-order valence-corrected chi connectivity index (χ0v) is 19.7. The number of H-pyrrole nitrogens is 1. The molecule has 34 heavy (non-hydrogen) atoms. The summed E-state index contributed by atoms with van der Waals surface area (Å²) in [7, 11) is 0. The molecule has 1 amide bonds. The second-order valence-corrected chi connectivity index (χ2v) is 8.43. The smallest absolute Gasteiger partial charge is 0.266 e. The van der Waals surface area contributed by atoms with Gasteiger partial charge in [0.2, 0.25) is 0 Å². The second kappa shape index (κ2) is 9.81. The summed E-state index contributed by atoms with van der Waals surface area (Å²) in [6.45, 7) is 4.55. The van der Waals surface area contributed by atoms with Crippen molar-refractivity contribution in [2.75, 3.05) is 6.54 Å². The van der Waals surface area contributed by atoms with Gasteiger partial charge >= 0.3 is 0 Å². The number of pyridine rings is 1. The number of hydrogen-bond acceptors (Lipinski definition) is 5. The van der Waals surface area contributed by atoms with Gasteiger partial charge in [0, 0.05) is 31.0 Å². The lowest BCUT2D eigenvalue weighted by atomic mass is 10.1. The maximum absolute atomic E-state index is 13.3. The molecule has 2 aromatic carbocycles. The molecule has 0 aliphatic heterocycles. The summed E-state index contributed by atoms with van der Waals surface area (Å²) in [5, 5.41) is 9.47. The fourth-order valence-corrected chi connectivity index (χ4v) is 4.17. The van der Waals surface area contributed by atoms with Crippen molar-refractivity contribution < 1.29 is 4.79 Å². The first-order valence-electron chi connectivity index (χ1n) is 10.8. The fourth-order valence-electron chi connectivity index (χ4n) is 3.88. The number of carbonyl (C=O) groups is 1. The van der Waals surface area contributed by atoms with Crippen LogP contribution in [0.3, 0.4) is 0 Å². The van der Waals surface area contributed by atoms with Crippen LogP contribution in [0.5, 0.6) is 0 Å². The number of aromatic amines is 1. The highest BCUT2D eigenvalue weighted by Crippen LogP contribution is 2.19. The molecule has 0 fully saturated rings. The Balaban J connectivity index is 1.75. The summed E-state index contributed by atoms with van der Waals surface area (Å²) in [4.78, 5) is 35.5. The summed E-state index contributed by atoms with van der Waals surface area (Å²) in [6, 6.07) is 16.4. The predicted molar refractivity (Wildman–Crippen MR) is 133 cm³/mol. The standard InChI is InChI=1S/C26H23N5O2S/c1-17-6-3-8-23(18(17)2)31-25(33)21-10-9-20(14-22(21)29-26(31)34)24(32)30(13-5-11-27)16-19-7-4-12-28-15-19/h3-4,6-10,12,14-15H,5,13,16H2,1-2H3,(H,29,34). The zero-order valence-electron chi connectivity index (χ0n) is 18.9. The Morgan fingerprint density at radius 2 is 2.03 bits per heavy atom. The van der Waals surface area contributed by atoms with Crippen molar-refractivity contribution in [2.24, 2.45) is 0 Å². The first kappa shape index (κ1) is 23.1. The number of aryl methyl sites for hydroxylation is 1. The Morgan fingerprint density at radius 1 is 1.21 bits per heavy atom. The highest BCUT2D eigenvalue weighted by molar-refractivity contribution is 7.71. The molecule has 0 saturated heterocycles. The number of nitrogens with zero attached hydrogens (tertiary/aromatic N) is 4. The van der Waals surface area contributed by atoms with E-state index in [2.05, 4.69) is 16.0 Å². The van der Waals surface area contributed by atoms with E-state index in [0.717, 1.165) is 22.4 Å². The first-order chi connectivity index (χ1) is 16.4. The quantitative estimate of drug-likeness (QED) is 0.416. The van der Waals surface area contributed by atoms with E-state index in [0.29, 0.717) is 23.0 Å². The molecule has 0 spiro atoms. The monoisotopic (exact) mass is 469 g/mol. The van der Waals surface area contributed by atoms with E-state index in [1.165, 1.54) is 4.57 Å². The lowest BCUT2D eigenvalue weighted by Crippen LogP contribution is -2.31. The third-order valence-electron chi connectivity index (χ3n) is 5.84. The van der Waals surface area contributed by atoms with Crippen molar-refractivity contribution in [3.05, 3.63) is 98.3 Å². The zero-order chi connectivity index (χ0) is 24.2. The molecule has 0 aliphatic rings. The van der Waals surface area contributed by atoms with Crippen molar-refractivity contribution >= 4 is 29.0 Å². The second-order valence-electron chi connectivity index (χ2n) is 8.05. The highest BCUT2D eigenvalue weighted by atomic mass is 32.1. The molecule has 7 nitrogen and oxygen atoms in total. The van der Waals surface area contributed by atoms with Crippen LogP contribution in [0.1, 0.15) is 33.5 Å². The topological polar surface area (TPSA) is 94.8 Å². The van der Waals surface area contributed by atoms with Gasteiger partial charge in [-0.05, 0) is 73.1 Å². The van der Waals surface area contributed by atoms with Crippen LogP contribution in [0.25, 0.3) is 16.6 Å². The van der Waals surface area contributed by atoms with Gasteiger partial charge < -0.3 is 9.88 Å². The first-order valence-corrected chi connectivity index (χ1v) is 11.2. The van der Waals surface area contributed by atoms with Gasteiger partial charge in [-0.1, -0.05) is 18.2 Å². The minimum absolute atomic E-state index is 0.211. The molecule has 0 atom stereocenters. The number of benzene rings is 2. The molecule has 2 heterocycles. The van der Waals surface area contributed by atoms with Gasteiger partial charge in [-0.2, -0.15) is 5.26 Å². The van der Waals surface area contributed by atoms with E-state index >= 15 is 0 Å². The van der Waals surface area contributed by atoms with E-state index in [4.69, 9.17) is 17.5 Å². The molecule has 0 aliphatic carbocycles. The van der Waals surface area contributed by atoms with Gasteiger partial charge in [0.25, 0.3) is 11.5 Å². The molecule has 0 unspecified atom stereocenters. The van der Waals surface area contributed by atoms with Gasteiger partial charge in [0.15, 0.2) is 4.77 Å². The third kappa shape index (κ3) is 4.51. The summed E-state index contributed by atoms with van der Waals surface area (Å²) in [5.74, 6) is -0.237. The molecule has 0 bridgehead atoms. The Kier molecular flexibility index (Phi) is 6.66. The maximum Gasteiger partial charge on any atom is 0.266 e. The lowest BCUT2D eigenvalue weighted by Gasteiger charge is -2.22. The number of carbonyl (C=O) groups excluding carboxylic acids is 1. The number of nitriles is 1. The molecule has 8 heteroatoms. The Labute approximate surface area is 201 Å². The van der Waals surface area contributed by atoms with Crippen molar-refractivity contribution in [2.45, 2.75) is 26.8 Å². The molecular formula is C26H23N5O2S. The molecule has 4 aromatic rings. The number of hydrogen-bond donors (Lipinski definition) is 1. The van der Waals surface area contributed by atoms with E-state index in [-0.39, 0.29) is 29.2 Å². The van der Waals surface area contributed by atoms with Gasteiger partial charge in [-0.25, -0.2) is 0 Å². The fraction of sp³-hybridized carbons (Fsp3) is 0.192. The summed E-state index contributed by atoms with van der Waals surface area (Å²) in [6.07, 6.45) is 3.57. The van der Waals surface area contributed by atoms with Crippen LogP contribution in [-0.2, 0) is 6.54 Å². The number of nitrogens with one attached hydrogen (secondary N) is 1. The Hall–Kier alpha value is -4.09. The minimum atomic E-state index is -0.247. The van der Waals surface area contributed by atoms with Crippen molar-refractivity contribution in [3.8, 4) is 11.8 Å². The number of fused-ring (bicyclic) bond motifs is 1. The molecular weight excluding hydrogens is 446 g/mol. The highest BCUT2D eigenvalue weighted by Gasteiger charge is 2.18. The molecule has 170 valence electrons. The van der Waals surface area contributed by atoms with Crippen LogP contribution in [0.2, 0.25) is 0 Å². The Bertz CT molecular complexity index is 1530. The van der Waals surface area contributed by atoms with E-state index in [9.17, 15) is 9.59 Å². The number of amides is 1. The maximum atomic E-state index is 13.3. The summed E-state index contributed by atoms with van der Waals surface area (Å²) < 4.78 is 1.75. The van der Waals surface area contributed by atoms with E-state index in [1.807, 2.05) is 38.1 Å². The van der Waals surface area contributed by atoms with Crippen LogP contribution in [-0.4, -0.2) is 31.9 Å². The van der Waals surface area contributed by atoms with Gasteiger partial charge in [0.1, 0.15) is 0 Å². The SMILES string of the molecule is Cc1cccc(-n2c(=S)[nH]c3cc(C(=O)N(CCC#N)Cc4cccnc4)ccc3c2=O)c1C. The summed E-state index contributed by atoms with van der Waals surface area (Å²) in [5.41, 5.74) is 4.28. The van der Waals surface area contributed by atoms with Crippen LogP contribution in [0, 0.1) is 29.9 Å². The average molecular weight is 470 g/mol. The normalized spacial score (nSPS) is 10.7. The molecule has 0 saturated carbocycles. The minimum Gasteiger partial charge on any atom is -0.333 e. The third-order valence-corrected chi connectivity index (χ3v) is 6.12. The molecule has 0 radical (unpaired) electrons. The van der Waals surface area contributed by atoms with Crippen molar-refractivity contribution in [1.29, 1.82) is 5.26 Å². The van der Waals surface area contributed by atoms with E-state index in [1.54, 1.807) is 41.6 Å². The number of rotatable bonds is 6. The molecule has 4 rings (SSSR count).